The molecule has 0 spiro atoms. The normalized spacial score (nSPS) is 10.4. The average Bonchev–Trinajstić information content (AvgIpc) is 2.78. The fourth-order valence-electron chi connectivity index (χ4n) is 1.55. The van der Waals surface area contributed by atoms with Gasteiger partial charge in [0.25, 0.3) is 5.91 Å². The Kier molecular flexibility index (Phi) is 4.09. The first-order chi connectivity index (χ1) is 8.56. The van der Waals surface area contributed by atoms with Crippen LogP contribution >= 0.6 is 27.5 Å². The molecule has 0 aliphatic rings. The Morgan fingerprint density at radius 2 is 1.94 bits per heavy atom. The zero-order valence-corrected chi connectivity index (χ0v) is 12.0. The van der Waals surface area contributed by atoms with E-state index < -0.39 is 0 Å². The summed E-state index contributed by atoms with van der Waals surface area (Å²) in [6, 6.07) is 10.9. The summed E-state index contributed by atoms with van der Waals surface area (Å²) in [5, 5.41) is 0.218. The van der Waals surface area contributed by atoms with Crippen LogP contribution in [0.2, 0.25) is 5.22 Å². The predicted octanol–water partition coefficient (Wildman–Crippen LogP) is 3.97. The van der Waals surface area contributed by atoms with Crippen molar-refractivity contribution in [3.05, 3.63) is 57.4 Å². The van der Waals surface area contributed by atoms with Crippen molar-refractivity contribution >= 4 is 33.4 Å². The fourth-order valence-corrected chi connectivity index (χ4v) is 1.96. The molecule has 5 heteroatoms. The van der Waals surface area contributed by atoms with Gasteiger partial charge in [0.05, 0.1) is 0 Å². The molecule has 0 aliphatic carbocycles. The number of amides is 1. The van der Waals surface area contributed by atoms with Crippen LogP contribution < -0.4 is 0 Å². The summed E-state index contributed by atoms with van der Waals surface area (Å²) in [6.07, 6.45) is 0. The van der Waals surface area contributed by atoms with Crippen LogP contribution in [0.5, 0.6) is 0 Å². The van der Waals surface area contributed by atoms with Gasteiger partial charge in [0, 0.05) is 18.1 Å². The zero-order valence-electron chi connectivity index (χ0n) is 9.69. The average molecular weight is 329 g/mol. The van der Waals surface area contributed by atoms with Crippen molar-refractivity contribution in [2.75, 3.05) is 7.05 Å². The number of hydrogen-bond donors (Lipinski definition) is 0. The van der Waals surface area contributed by atoms with E-state index in [0.717, 1.165) is 10.0 Å². The maximum atomic E-state index is 12.0. The van der Waals surface area contributed by atoms with Gasteiger partial charge in [0.1, 0.15) is 0 Å². The Morgan fingerprint density at radius 3 is 2.50 bits per heavy atom. The van der Waals surface area contributed by atoms with Crippen LogP contribution in [0.25, 0.3) is 0 Å². The van der Waals surface area contributed by atoms with Crippen molar-refractivity contribution in [2.45, 2.75) is 6.54 Å². The molecule has 2 aromatic rings. The number of halogens is 2. The number of rotatable bonds is 3. The van der Waals surface area contributed by atoms with Gasteiger partial charge in [-0.15, -0.1) is 0 Å². The van der Waals surface area contributed by atoms with Gasteiger partial charge in [0.15, 0.2) is 11.0 Å². The minimum Gasteiger partial charge on any atom is -0.440 e. The molecular weight excluding hydrogens is 318 g/mol. The van der Waals surface area contributed by atoms with E-state index in [-0.39, 0.29) is 16.9 Å². The van der Waals surface area contributed by atoms with E-state index >= 15 is 0 Å². The molecule has 0 atom stereocenters. The van der Waals surface area contributed by atoms with Crippen molar-refractivity contribution in [3.63, 3.8) is 0 Å². The summed E-state index contributed by atoms with van der Waals surface area (Å²) in [6.45, 7) is 0.518. The van der Waals surface area contributed by atoms with E-state index in [1.807, 2.05) is 24.3 Å². The van der Waals surface area contributed by atoms with E-state index in [4.69, 9.17) is 16.0 Å². The van der Waals surface area contributed by atoms with Crippen molar-refractivity contribution in [1.82, 2.24) is 4.90 Å². The van der Waals surface area contributed by atoms with Crippen LogP contribution in [0, 0.1) is 0 Å². The second kappa shape index (κ2) is 5.59. The molecule has 0 N–H and O–H groups in total. The summed E-state index contributed by atoms with van der Waals surface area (Å²) in [4.78, 5) is 13.6. The minimum atomic E-state index is -0.190. The number of hydrogen-bond acceptors (Lipinski definition) is 2. The molecule has 0 bridgehead atoms. The highest BCUT2D eigenvalue weighted by atomic mass is 79.9. The summed E-state index contributed by atoms with van der Waals surface area (Å²) < 4.78 is 6.10. The molecule has 0 radical (unpaired) electrons. The predicted molar refractivity (Wildman–Crippen MR) is 73.7 cm³/mol. The topological polar surface area (TPSA) is 33.5 Å². The summed E-state index contributed by atoms with van der Waals surface area (Å²) in [7, 11) is 1.72. The van der Waals surface area contributed by atoms with Gasteiger partial charge in [-0.1, -0.05) is 28.1 Å². The van der Waals surface area contributed by atoms with E-state index in [1.54, 1.807) is 24.1 Å². The van der Waals surface area contributed by atoms with Gasteiger partial charge in [-0.2, -0.15) is 0 Å². The SMILES string of the molecule is CN(Cc1ccc(Br)cc1)C(=O)c1ccc(Cl)o1. The Balaban J connectivity index is 2.05. The van der Waals surface area contributed by atoms with Crippen LogP contribution in [0.4, 0.5) is 0 Å². The van der Waals surface area contributed by atoms with Crippen molar-refractivity contribution in [3.8, 4) is 0 Å². The lowest BCUT2D eigenvalue weighted by Crippen LogP contribution is -2.25. The van der Waals surface area contributed by atoms with Crippen LogP contribution in [-0.2, 0) is 6.54 Å². The number of carbonyl (C=O) groups is 1. The van der Waals surface area contributed by atoms with Crippen LogP contribution in [0.3, 0.4) is 0 Å². The number of carbonyl (C=O) groups excluding carboxylic acids is 1. The van der Waals surface area contributed by atoms with Gasteiger partial charge < -0.3 is 9.32 Å². The molecule has 18 heavy (non-hydrogen) atoms. The molecule has 2 rings (SSSR count). The third kappa shape index (κ3) is 3.15. The van der Waals surface area contributed by atoms with Crippen molar-refractivity contribution in [1.29, 1.82) is 0 Å². The number of nitrogens with zero attached hydrogens (tertiary/aromatic N) is 1. The molecule has 0 aliphatic heterocycles. The first kappa shape index (κ1) is 13.2. The lowest BCUT2D eigenvalue weighted by atomic mass is 10.2. The van der Waals surface area contributed by atoms with Crippen LogP contribution in [0.1, 0.15) is 16.1 Å². The standard InChI is InChI=1S/C13H11BrClNO2/c1-16(8-9-2-4-10(14)5-3-9)13(17)11-6-7-12(15)18-11/h2-7H,8H2,1H3. The summed E-state index contributed by atoms with van der Waals surface area (Å²) in [5.41, 5.74) is 1.05. The quantitative estimate of drug-likeness (QED) is 0.854. The van der Waals surface area contributed by atoms with Crippen molar-refractivity contribution < 1.29 is 9.21 Å². The first-order valence-corrected chi connectivity index (χ1v) is 6.48. The van der Waals surface area contributed by atoms with Crippen molar-refractivity contribution in [2.24, 2.45) is 0 Å². The monoisotopic (exact) mass is 327 g/mol. The van der Waals surface area contributed by atoms with Gasteiger partial charge in [-0.3, -0.25) is 4.79 Å². The highest BCUT2D eigenvalue weighted by Crippen LogP contribution is 2.16. The van der Waals surface area contributed by atoms with Crippen LogP contribution in [0.15, 0.2) is 45.3 Å². The zero-order chi connectivity index (χ0) is 13.1. The molecule has 3 nitrogen and oxygen atoms in total. The maximum Gasteiger partial charge on any atom is 0.289 e. The Morgan fingerprint density at radius 1 is 1.28 bits per heavy atom. The maximum absolute atomic E-state index is 12.0. The third-order valence-corrected chi connectivity index (χ3v) is 3.20. The van der Waals surface area contributed by atoms with Gasteiger partial charge in [0.2, 0.25) is 0 Å². The lowest BCUT2D eigenvalue weighted by Gasteiger charge is -2.15. The van der Waals surface area contributed by atoms with E-state index in [0.29, 0.717) is 6.54 Å². The van der Waals surface area contributed by atoms with Gasteiger partial charge in [-0.05, 0) is 41.4 Å². The largest absolute Gasteiger partial charge is 0.440 e. The second-order valence-electron chi connectivity index (χ2n) is 3.89. The smallest absolute Gasteiger partial charge is 0.289 e. The van der Waals surface area contributed by atoms with Crippen LogP contribution in [-0.4, -0.2) is 17.9 Å². The second-order valence-corrected chi connectivity index (χ2v) is 5.18. The molecule has 1 aromatic carbocycles. The minimum absolute atomic E-state index is 0.190. The Bertz CT molecular complexity index is 550. The van der Waals surface area contributed by atoms with E-state index in [1.165, 1.54) is 0 Å². The Labute approximate surface area is 118 Å². The molecule has 0 unspecified atom stereocenters. The highest BCUT2D eigenvalue weighted by Gasteiger charge is 2.15. The third-order valence-electron chi connectivity index (χ3n) is 2.46. The molecule has 1 amide bonds. The molecule has 1 aromatic heterocycles. The Hall–Kier alpha value is -1.26. The molecule has 0 fully saturated rings. The van der Waals surface area contributed by atoms with E-state index in [9.17, 15) is 4.79 Å². The number of furan rings is 1. The fraction of sp³-hybridized carbons (Fsp3) is 0.154. The molecule has 0 saturated heterocycles. The molecule has 94 valence electrons. The lowest BCUT2D eigenvalue weighted by molar-refractivity contribution is 0.0753. The first-order valence-electron chi connectivity index (χ1n) is 5.31. The number of benzene rings is 1. The summed E-state index contributed by atoms with van der Waals surface area (Å²) in [5.74, 6) is 0.0597. The van der Waals surface area contributed by atoms with E-state index in [2.05, 4.69) is 15.9 Å². The summed E-state index contributed by atoms with van der Waals surface area (Å²) >= 11 is 9.01. The van der Waals surface area contributed by atoms with Gasteiger partial charge >= 0.3 is 0 Å². The molecule has 1 heterocycles. The highest BCUT2D eigenvalue weighted by molar-refractivity contribution is 9.10. The van der Waals surface area contributed by atoms with Gasteiger partial charge in [-0.25, -0.2) is 0 Å². The molecule has 0 saturated carbocycles. The molecular formula is C13H11BrClNO2.